The second kappa shape index (κ2) is 6.11. The van der Waals surface area contributed by atoms with Gasteiger partial charge in [-0.2, -0.15) is 5.10 Å². The van der Waals surface area contributed by atoms with Gasteiger partial charge in [0.15, 0.2) is 11.5 Å². The normalized spacial score (nSPS) is 16.0. The Hall–Kier alpha value is -2.11. The van der Waals surface area contributed by atoms with Crippen molar-refractivity contribution in [3.05, 3.63) is 24.2 Å². The zero-order valence-corrected chi connectivity index (χ0v) is 12.3. The Labute approximate surface area is 123 Å². The van der Waals surface area contributed by atoms with Gasteiger partial charge in [0, 0.05) is 18.7 Å². The number of carbonyl (C=O) groups excluding carboxylic acids is 1. The van der Waals surface area contributed by atoms with E-state index in [2.05, 4.69) is 20.7 Å². The molecule has 2 amide bonds. The lowest BCUT2D eigenvalue weighted by Gasteiger charge is -2.22. The Balaban J connectivity index is 1.71. The monoisotopic (exact) mass is 287 g/mol. The van der Waals surface area contributed by atoms with Gasteiger partial charge in [-0.15, -0.1) is 0 Å². The Bertz CT molecular complexity index is 630. The average Bonchev–Trinajstić information content (AvgIpc) is 2.92. The van der Waals surface area contributed by atoms with E-state index in [1.54, 1.807) is 4.52 Å². The number of fused-ring (bicyclic) bond motifs is 1. The highest BCUT2D eigenvalue weighted by molar-refractivity contribution is 5.93. The van der Waals surface area contributed by atoms with Crippen molar-refractivity contribution in [1.29, 1.82) is 0 Å². The predicted molar refractivity (Wildman–Crippen MR) is 81.4 cm³/mol. The third-order valence-corrected chi connectivity index (χ3v) is 3.91. The summed E-state index contributed by atoms with van der Waals surface area (Å²) in [5.74, 6) is 0.775. The van der Waals surface area contributed by atoms with Crippen LogP contribution in [0.4, 0.5) is 10.5 Å². The molecule has 0 saturated heterocycles. The Morgan fingerprint density at radius 1 is 1.38 bits per heavy atom. The van der Waals surface area contributed by atoms with Crippen LogP contribution in [0.2, 0.25) is 0 Å². The van der Waals surface area contributed by atoms with Gasteiger partial charge in [0.05, 0.1) is 5.69 Å². The summed E-state index contributed by atoms with van der Waals surface area (Å²) >= 11 is 0. The van der Waals surface area contributed by atoms with Gasteiger partial charge in [-0.1, -0.05) is 26.2 Å². The van der Waals surface area contributed by atoms with Crippen LogP contribution in [-0.4, -0.2) is 26.7 Å². The fourth-order valence-corrected chi connectivity index (χ4v) is 2.79. The molecule has 0 radical (unpaired) electrons. The standard InChI is InChI=1S/C15H21N5O/c1-2-13-18-14-12(9-6-10-20(14)19-13)17-15(21)16-11-7-4-3-5-8-11/h6,9-11H,2-5,7-8H2,1H3,(H2,16,17,21). The second-order valence-electron chi connectivity index (χ2n) is 5.51. The molecule has 21 heavy (non-hydrogen) atoms. The van der Waals surface area contributed by atoms with Gasteiger partial charge < -0.3 is 10.6 Å². The average molecular weight is 287 g/mol. The van der Waals surface area contributed by atoms with Gasteiger partial charge in [0.25, 0.3) is 0 Å². The molecule has 0 atom stereocenters. The maximum Gasteiger partial charge on any atom is 0.319 e. The Kier molecular flexibility index (Phi) is 4.03. The van der Waals surface area contributed by atoms with Gasteiger partial charge in [-0.05, 0) is 25.0 Å². The number of pyridine rings is 1. The maximum atomic E-state index is 12.1. The molecule has 2 heterocycles. The lowest BCUT2D eigenvalue weighted by atomic mass is 9.96. The third-order valence-electron chi connectivity index (χ3n) is 3.91. The van der Waals surface area contributed by atoms with E-state index < -0.39 is 0 Å². The number of hydrogen-bond donors (Lipinski definition) is 2. The first-order valence-corrected chi connectivity index (χ1v) is 7.68. The summed E-state index contributed by atoms with van der Waals surface area (Å²) < 4.78 is 1.70. The Morgan fingerprint density at radius 3 is 2.95 bits per heavy atom. The highest BCUT2D eigenvalue weighted by Gasteiger charge is 2.16. The first-order valence-electron chi connectivity index (χ1n) is 7.68. The van der Waals surface area contributed by atoms with Crippen molar-refractivity contribution in [3.63, 3.8) is 0 Å². The van der Waals surface area contributed by atoms with Crippen LogP contribution in [0.1, 0.15) is 44.9 Å². The van der Waals surface area contributed by atoms with Crippen LogP contribution >= 0.6 is 0 Å². The molecule has 0 aromatic carbocycles. The molecule has 6 nitrogen and oxygen atoms in total. The van der Waals surface area contributed by atoms with Crippen LogP contribution in [0.5, 0.6) is 0 Å². The minimum absolute atomic E-state index is 0.156. The molecule has 2 N–H and O–H groups in total. The number of amides is 2. The van der Waals surface area contributed by atoms with Crippen LogP contribution in [-0.2, 0) is 6.42 Å². The fourth-order valence-electron chi connectivity index (χ4n) is 2.79. The molecule has 6 heteroatoms. The molecular weight excluding hydrogens is 266 g/mol. The molecule has 3 rings (SSSR count). The highest BCUT2D eigenvalue weighted by Crippen LogP contribution is 2.18. The number of nitrogens with zero attached hydrogens (tertiary/aromatic N) is 3. The summed E-state index contributed by atoms with van der Waals surface area (Å²) in [4.78, 5) is 16.6. The summed E-state index contributed by atoms with van der Waals surface area (Å²) in [6.45, 7) is 2.01. The van der Waals surface area contributed by atoms with Crippen molar-refractivity contribution < 1.29 is 4.79 Å². The topological polar surface area (TPSA) is 71.3 Å². The second-order valence-corrected chi connectivity index (χ2v) is 5.51. The smallest absolute Gasteiger partial charge is 0.319 e. The van der Waals surface area contributed by atoms with E-state index in [0.717, 1.165) is 25.1 Å². The van der Waals surface area contributed by atoms with E-state index in [0.29, 0.717) is 17.4 Å². The van der Waals surface area contributed by atoms with Gasteiger partial charge in [0.1, 0.15) is 0 Å². The number of nitrogens with one attached hydrogen (secondary N) is 2. The molecule has 2 aromatic heterocycles. The van der Waals surface area contributed by atoms with E-state index in [1.165, 1.54) is 19.3 Å². The number of aryl methyl sites for hydroxylation is 1. The van der Waals surface area contributed by atoms with Crippen molar-refractivity contribution in [2.75, 3.05) is 5.32 Å². The van der Waals surface area contributed by atoms with Crippen molar-refractivity contribution >= 4 is 17.4 Å². The first kappa shape index (κ1) is 13.9. The summed E-state index contributed by atoms with van der Waals surface area (Å²) in [7, 11) is 0. The van der Waals surface area contributed by atoms with Crippen molar-refractivity contribution in [2.24, 2.45) is 0 Å². The number of hydrogen-bond acceptors (Lipinski definition) is 3. The Morgan fingerprint density at radius 2 is 2.19 bits per heavy atom. The van der Waals surface area contributed by atoms with Gasteiger partial charge in [-0.25, -0.2) is 14.3 Å². The summed E-state index contributed by atoms with van der Waals surface area (Å²) in [5.41, 5.74) is 1.38. The van der Waals surface area contributed by atoms with E-state index in [1.807, 2.05) is 25.3 Å². The van der Waals surface area contributed by atoms with Gasteiger partial charge >= 0.3 is 6.03 Å². The lowest BCUT2D eigenvalue weighted by Crippen LogP contribution is -2.39. The predicted octanol–water partition coefficient (Wildman–Crippen LogP) is 2.75. The minimum Gasteiger partial charge on any atom is -0.335 e. The third kappa shape index (κ3) is 3.15. The van der Waals surface area contributed by atoms with Crippen LogP contribution in [0.15, 0.2) is 18.3 Å². The summed E-state index contributed by atoms with van der Waals surface area (Å²) in [5, 5.41) is 10.3. The molecule has 1 saturated carbocycles. The zero-order chi connectivity index (χ0) is 14.7. The number of anilines is 1. The minimum atomic E-state index is -0.156. The first-order chi connectivity index (χ1) is 10.3. The molecule has 0 unspecified atom stereocenters. The van der Waals surface area contributed by atoms with Crippen molar-refractivity contribution in [2.45, 2.75) is 51.5 Å². The van der Waals surface area contributed by atoms with Crippen LogP contribution in [0.3, 0.4) is 0 Å². The fraction of sp³-hybridized carbons (Fsp3) is 0.533. The highest BCUT2D eigenvalue weighted by atomic mass is 16.2. The summed E-state index contributed by atoms with van der Waals surface area (Å²) in [6.07, 6.45) is 8.43. The quantitative estimate of drug-likeness (QED) is 0.911. The van der Waals surface area contributed by atoms with Gasteiger partial charge in [-0.3, -0.25) is 0 Å². The van der Waals surface area contributed by atoms with Gasteiger partial charge in [0.2, 0.25) is 0 Å². The van der Waals surface area contributed by atoms with E-state index in [-0.39, 0.29) is 6.03 Å². The van der Waals surface area contributed by atoms with E-state index >= 15 is 0 Å². The number of urea groups is 1. The van der Waals surface area contributed by atoms with Crippen LogP contribution in [0, 0.1) is 0 Å². The molecule has 1 fully saturated rings. The van der Waals surface area contributed by atoms with Crippen molar-refractivity contribution in [1.82, 2.24) is 19.9 Å². The summed E-state index contributed by atoms with van der Waals surface area (Å²) in [6, 6.07) is 3.85. The molecular formula is C15H21N5O. The number of rotatable bonds is 3. The lowest BCUT2D eigenvalue weighted by molar-refractivity contribution is 0.244. The van der Waals surface area contributed by atoms with Crippen LogP contribution < -0.4 is 10.6 Å². The zero-order valence-electron chi connectivity index (χ0n) is 12.3. The SMILES string of the molecule is CCc1nc2c(NC(=O)NC3CCCCC3)cccn2n1. The molecule has 0 bridgehead atoms. The molecule has 2 aromatic rings. The molecule has 1 aliphatic carbocycles. The number of carbonyl (C=O) groups is 1. The molecule has 112 valence electrons. The molecule has 1 aliphatic rings. The maximum absolute atomic E-state index is 12.1. The van der Waals surface area contributed by atoms with E-state index in [4.69, 9.17) is 0 Å². The number of aromatic nitrogens is 3. The molecule has 0 spiro atoms. The largest absolute Gasteiger partial charge is 0.335 e. The van der Waals surface area contributed by atoms with E-state index in [9.17, 15) is 4.79 Å². The molecule has 0 aliphatic heterocycles. The van der Waals surface area contributed by atoms with Crippen molar-refractivity contribution in [3.8, 4) is 0 Å². The van der Waals surface area contributed by atoms with Crippen LogP contribution in [0.25, 0.3) is 5.65 Å².